The molecule has 2 aromatic carbocycles. The minimum absolute atomic E-state index is 0.146. The van der Waals surface area contributed by atoms with Crippen LogP contribution in [0.5, 0.6) is 0 Å². The van der Waals surface area contributed by atoms with Gasteiger partial charge in [0.05, 0.1) is 9.79 Å². The monoisotopic (exact) mass is 359 g/mol. The molecule has 0 saturated heterocycles. The molecular weight excluding hydrogens is 338 g/mol. The number of carbonyl (C=O) groups excluding carboxylic acids is 1. The van der Waals surface area contributed by atoms with E-state index in [4.69, 9.17) is 5.11 Å². The van der Waals surface area contributed by atoms with Crippen molar-refractivity contribution >= 4 is 15.7 Å². The smallest absolute Gasteiger partial charge is 0.245 e. The van der Waals surface area contributed by atoms with Gasteiger partial charge in [0.25, 0.3) is 0 Å². The van der Waals surface area contributed by atoms with Gasteiger partial charge >= 0.3 is 0 Å². The molecule has 25 heavy (non-hydrogen) atoms. The highest BCUT2D eigenvalue weighted by Crippen LogP contribution is 2.33. The molecule has 5 nitrogen and oxygen atoms in total. The molecule has 6 heteroatoms. The highest BCUT2D eigenvalue weighted by atomic mass is 32.2. The fourth-order valence-electron chi connectivity index (χ4n) is 3.30. The van der Waals surface area contributed by atoms with E-state index in [2.05, 4.69) is 5.32 Å². The van der Waals surface area contributed by atoms with Crippen molar-refractivity contribution in [3.63, 3.8) is 0 Å². The first-order valence-corrected chi connectivity index (χ1v) is 9.81. The number of benzene rings is 2. The Morgan fingerprint density at radius 1 is 1.12 bits per heavy atom. The maximum absolute atomic E-state index is 12.8. The number of amides is 1. The maximum atomic E-state index is 12.8. The van der Waals surface area contributed by atoms with Gasteiger partial charge in [-0.3, -0.25) is 4.79 Å². The molecule has 0 aliphatic heterocycles. The van der Waals surface area contributed by atoms with Crippen LogP contribution in [0.3, 0.4) is 0 Å². The van der Waals surface area contributed by atoms with E-state index in [1.807, 2.05) is 6.07 Å². The summed E-state index contributed by atoms with van der Waals surface area (Å²) in [6, 6.07) is 13.7. The van der Waals surface area contributed by atoms with E-state index in [0.29, 0.717) is 11.4 Å². The highest BCUT2D eigenvalue weighted by molar-refractivity contribution is 7.91. The summed E-state index contributed by atoms with van der Waals surface area (Å²) < 4.78 is 25.5. The lowest BCUT2D eigenvalue weighted by Gasteiger charge is -2.26. The van der Waals surface area contributed by atoms with Gasteiger partial charge in [0.15, 0.2) is 0 Å². The van der Waals surface area contributed by atoms with Gasteiger partial charge in [-0.1, -0.05) is 24.3 Å². The molecular formula is C19H21NO4S. The van der Waals surface area contributed by atoms with Crippen molar-refractivity contribution in [3.8, 4) is 0 Å². The Morgan fingerprint density at radius 2 is 1.88 bits per heavy atom. The largest absolute Gasteiger partial charge is 0.387 e. The molecule has 1 aliphatic carbocycles. The third-order valence-corrected chi connectivity index (χ3v) is 6.37. The zero-order chi connectivity index (χ0) is 17.9. The number of nitrogens with one attached hydrogen (secondary N) is 1. The molecule has 0 saturated carbocycles. The average molecular weight is 359 g/mol. The van der Waals surface area contributed by atoms with E-state index >= 15 is 0 Å². The first-order chi connectivity index (χ1) is 12.0. The van der Waals surface area contributed by atoms with E-state index < -0.39 is 22.4 Å². The van der Waals surface area contributed by atoms with Crippen molar-refractivity contribution in [3.05, 3.63) is 59.7 Å². The summed E-state index contributed by atoms with van der Waals surface area (Å²) in [6.07, 6.45) is 2.71. The number of rotatable bonds is 5. The van der Waals surface area contributed by atoms with Crippen LogP contribution in [-0.4, -0.2) is 32.6 Å². The molecule has 2 aromatic rings. The van der Waals surface area contributed by atoms with E-state index in [1.54, 1.807) is 42.5 Å². The quantitative estimate of drug-likeness (QED) is 0.856. The van der Waals surface area contributed by atoms with Crippen LogP contribution in [-0.2, 0) is 21.1 Å². The van der Waals surface area contributed by atoms with Crippen molar-refractivity contribution in [1.29, 1.82) is 0 Å². The number of carbonyl (C=O) groups is 1. The Labute approximate surface area is 147 Å². The lowest BCUT2D eigenvalue weighted by Crippen LogP contribution is -2.31. The molecule has 0 bridgehead atoms. The molecule has 1 amide bonds. The second kappa shape index (κ2) is 7.37. The van der Waals surface area contributed by atoms with E-state index in [1.165, 1.54) is 0 Å². The summed E-state index contributed by atoms with van der Waals surface area (Å²) in [5.74, 6) is -0.247. The summed E-state index contributed by atoms with van der Waals surface area (Å²) in [5.41, 5.74) is 2.10. The molecule has 132 valence electrons. The van der Waals surface area contributed by atoms with Gasteiger partial charge < -0.3 is 10.4 Å². The van der Waals surface area contributed by atoms with Crippen molar-refractivity contribution < 1.29 is 18.3 Å². The third-order valence-electron chi connectivity index (χ3n) is 4.61. The van der Waals surface area contributed by atoms with E-state index in [-0.39, 0.29) is 10.8 Å². The Bertz CT molecular complexity index is 862. The first-order valence-electron chi connectivity index (χ1n) is 8.33. The van der Waals surface area contributed by atoms with Gasteiger partial charge in [-0.05, 0) is 54.7 Å². The number of fused-ring (bicyclic) bond motifs is 1. The number of aliphatic hydroxyl groups excluding tert-OH is 1. The Morgan fingerprint density at radius 3 is 2.60 bits per heavy atom. The molecule has 3 rings (SSSR count). The summed E-state index contributed by atoms with van der Waals surface area (Å²) in [4.78, 5) is 11.9. The van der Waals surface area contributed by atoms with Gasteiger partial charge in [0, 0.05) is 12.5 Å². The van der Waals surface area contributed by atoms with Crippen LogP contribution >= 0.6 is 0 Å². The number of hydrogen-bond acceptors (Lipinski definition) is 4. The van der Waals surface area contributed by atoms with Gasteiger partial charge in [-0.15, -0.1) is 0 Å². The third kappa shape index (κ3) is 3.75. The molecule has 1 aliphatic rings. The molecule has 0 unspecified atom stereocenters. The van der Waals surface area contributed by atoms with Gasteiger partial charge in [-0.2, -0.15) is 0 Å². The summed E-state index contributed by atoms with van der Waals surface area (Å²) >= 11 is 0. The van der Waals surface area contributed by atoms with Crippen molar-refractivity contribution in [2.24, 2.45) is 0 Å². The van der Waals surface area contributed by atoms with Crippen LogP contribution in [0, 0.1) is 0 Å². The lowest BCUT2D eigenvalue weighted by molar-refractivity contribution is -0.123. The first kappa shape index (κ1) is 17.6. The van der Waals surface area contributed by atoms with Crippen LogP contribution in [0.4, 0.5) is 0 Å². The van der Waals surface area contributed by atoms with Crippen LogP contribution in [0.2, 0.25) is 0 Å². The van der Waals surface area contributed by atoms with Crippen LogP contribution in [0.1, 0.15) is 29.9 Å². The normalized spacial score (nSPS) is 16.9. The Balaban J connectivity index is 1.88. The molecule has 0 radical (unpaired) electrons. The fraction of sp³-hybridized carbons (Fsp3) is 0.316. The van der Waals surface area contributed by atoms with Gasteiger partial charge in [0.1, 0.15) is 6.61 Å². The number of aliphatic hydroxyl groups is 1. The number of sulfone groups is 1. The highest BCUT2D eigenvalue weighted by Gasteiger charge is 2.24. The molecule has 1 atom stereocenters. The second-order valence-electron chi connectivity index (χ2n) is 6.23. The van der Waals surface area contributed by atoms with Gasteiger partial charge in [0.2, 0.25) is 15.7 Å². The number of aryl methyl sites for hydroxylation is 1. The lowest BCUT2D eigenvalue weighted by atomic mass is 9.83. The van der Waals surface area contributed by atoms with Gasteiger partial charge in [-0.25, -0.2) is 8.42 Å². The molecule has 0 fully saturated rings. The summed E-state index contributed by atoms with van der Waals surface area (Å²) in [7, 11) is -3.52. The van der Waals surface area contributed by atoms with E-state index in [0.717, 1.165) is 30.4 Å². The average Bonchev–Trinajstić information content (AvgIpc) is 2.66. The zero-order valence-electron chi connectivity index (χ0n) is 13.8. The minimum Gasteiger partial charge on any atom is -0.387 e. The Kier molecular flexibility index (Phi) is 5.20. The molecule has 2 N–H and O–H groups in total. The fourth-order valence-corrected chi connectivity index (χ4v) is 4.63. The predicted molar refractivity (Wildman–Crippen MR) is 94.1 cm³/mol. The summed E-state index contributed by atoms with van der Waals surface area (Å²) in [6.45, 7) is -0.0645. The Hall–Kier alpha value is -2.18. The molecule has 0 spiro atoms. The van der Waals surface area contributed by atoms with Crippen molar-refractivity contribution in [2.75, 3.05) is 13.2 Å². The standard InChI is InChI=1S/C19H21NO4S/c21-13-19(22)20-12-15-6-4-5-14-11-17(9-10-18(14)15)25(23,24)16-7-2-1-3-8-16/h1-3,7-11,15,21H,4-6,12-13H2,(H,20,22)/t15-/m0/s1. The van der Waals surface area contributed by atoms with Crippen LogP contribution < -0.4 is 5.32 Å². The molecule has 0 aromatic heterocycles. The number of hydrogen-bond donors (Lipinski definition) is 2. The minimum atomic E-state index is -3.52. The van der Waals surface area contributed by atoms with Crippen LogP contribution in [0.15, 0.2) is 58.3 Å². The van der Waals surface area contributed by atoms with E-state index in [9.17, 15) is 13.2 Å². The molecule has 0 heterocycles. The maximum Gasteiger partial charge on any atom is 0.245 e. The van der Waals surface area contributed by atoms with Crippen LogP contribution in [0.25, 0.3) is 0 Å². The zero-order valence-corrected chi connectivity index (χ0v) is 14.6. The predicted octanol–water partition coefficient (Wildman–Crippen LogP) is 2.05. The topological polar surface area (TPSA) is 83.5 Å². The SMILES string of the molecule is O=C(CO)NC[C@@H]1CCCc2cc(S(=O)(=O)c3ccccc3)ccc21. The van der Waals surface area contributed by atoms with Crippen molar-refractivity contribution in [2.45, 2.75) is 35.0 Å². The summed E-state index contributed by atoms with van der Waals surface area (Å²) in [5, 5.41) is 11.5. The van der Waals surface area contributed by atoms with Crippen molar-refractivity contribution in [1.82, 2.24) is 5.32 Å². The second-order valence-corrected chi connectivity index (χ2v) is 8.18.